The summed E-state index contributed by atoms with van der Waals surface area (Å²) in [6.45, 7) is 4.02. The first kappa shape index (κ1) is 10.5. The van der Waals surface area contributed by atoms with Crippen LogP contribution in [-0.2, 0) is 4.74 Å². The molecule has 0 aliphatic carbocycles. The Balaban J connectivity index is 0.000000218. The van der Waals surface area contributed by atoms with E-state index in [1.165, 1.54) is 0 Å². The number of hydrogen-bond acceptors (Lipinski definition) is 3. The molecule has 1 aliphatic heterocycles. The summed E-state index contributed by atoms with van der Waals surface area (Å²) in [5.41, 5.74) is 0. The van der Waals surface area contributed by atoms with Crippen molar-refractivity contribution in [1.82, 2.24) is 4.90 Å². The van der Waals surface area contributed by atoms with Crippen molar-refractivity contribution in [3.8, 4) is 0 Å². The Morgan fingerprint density at radius 2 is 1.91 bits per heavy atom. The number of likely N-dealkylation sites (N-methyl/N-ethyl adjacent to an activating group) is 1. The minimum absolute atomic E-state index is 0.833. The maximum atomic E-state index is 9.00. The van der Waals surface area contributed by atoms with E-state index in [1.54, 1.807) is 0 Å². The molecule has 0 amide bonds. The van der Waals surface area contributed by atoms with Crippen molar-refractivity contribution in [3.63, 3.8) is 0 Å². The molecule has 1 rings (SSSR count). The molecule has 0 aromatic rings. The molecule has 0 saturated carbocycles. The van der Waals surface area contributed by atoms with E-state index < -0.39 is 5.87 Å². The van der Waals surface area contributed by atoms with Gasteiger partial charge in [-0.2, -0.15) is 0 Å². The van der Waals surface area contributed by atoms with Gasteiger partial charge >= 0.3 is 0 Å². The molecular weight excluding hydrogens is 145 g/mol. The van der Waals surface area contributed by atoms with Crippen molar-refractivity contribution in [1.29, 1.82) is 0 Å². The zero-order chi connectivity index (χ0) is 8.69. The third kappa shape index (κ3) is 9.45. The molecule has 4 nitrogen and oxygen atoms in total. The van der Waals surface area contributed by atoms with Crippen LogP contribution in [0.4, 0.5) is 4.79 Å². The molecule has 1 heterocycles. The van der Waals surface area contributed by atoms with Crippen LogP contribution in [0, 0.1) is 0 Å². The topological polar surface area (TPSA) is 49.8 Å². The molecule has 0 atom stereocenters. The molecule has 0 bridgehead atoms. The number of hydrogen-bond donors (Lipinski definition) is 1. The van der Waals surface area contributed by atoms with Gasteiger partial charge in [-0.1, -0.05) is 0 Å². The van der Waals surface area contributed by atoms with Crippen molar-refractivity contribution in [2.24, 2.45) is 0 Å². The molecule has 1 aliphatic rings. The maximum Gasteiger partial charge on any atom is 0.242 e. The number of rotatable bonds is 0. The first-order valence-corrected chi connectivity index (χ1v) is 3.58. The van der Waals surface area contributed by atoms with E-state index in [0.29, 0.717) is 0 Å². The fourth-order valence-corrected chi connectivity index (χ4v) is 0.655. The Labute approximate surface area is 67.5 Å². The Morgan fingerprint density at radius 3 is 2.09 bits per heavy atom. The zero-order valence-electron chi connectivity index (χ0n) is 7.04. The summed E-state index contributed by atoms with van der Waals surface area (Å²) < 4.78 is 5.10. The number of ether oxygens (including phenoxy) is 1. The molecule has 0 spiro atoms. The minimum Gasteiger partial charge on any atom is -0.490 e. The molecule has 11 heavy (non-hydrogen) atoms. The SMILES string of the molecule is BC(=O)O.CN1CCOCC1. The highest BCUT2D eigenvalue weighted by Crippen LogP contribution is 1.89. The predicted molar refractivity (Wildman–Crippen MR) is 44.9 cm³/mol. The van der Waals surface area contributed by atoms with Crippen LogP contribution in [0.25, 0.3) is 0 Å². The lowest BCUT2D eigenvalue weighted by atomic mass is 10.2. The van der Waals surface area contributed by atoms with Gasteiger partial charge in [-0.15, -0.1) is 0 Å². The molecule has 5 heteroatoms. The zero-order valence-corrected chi connectivity index (χ0v) is 7.04. The van der Waals surface area contributed by atoms with Crippen molar-refractivity contribution in [2.75, 3.05) is 33.4 Å². The van der Waals surface area contributed by atoms with E-state index in [0.717, 1.165) is 34.1 Å². The van der Waals surface area contributed by atoms with Crippen LogP contribution in [0.5, 0.6) is 0 Å². The van der Waals surface area contributed by atoms with Gasteiger partial charge in [0.05, 0.1) is 13.2 Å². The Bertz CT molecular complexity index is 110. The van der Waals surface area contributed by atoms with Gasteiger partial charge in [0.25, 0.3) is 0 Å². The summed E-state index contributed by atoms with van der Waals surface area (Å²) in [4.78, 5) is 11.3. The third-order valence-corrected chi connectivity index (χ3v) is 1.23. The Hall–Kier alpha value is -0.545. The molecule has 1 fully saturated rings. The first-order chi connectivity index (χ1) is 5.13. The van der Waals surface area contributed by atoms with E-state index in [4.69, 9.17) is 14.6 Å². The van der Waals surface area contributed by atoms with Crippen LogP contribution in [0.3, 0.4) is 0 Å². The predicted octanol–water partition coefficient (Wildman–Crippen LogP) is -0.754. The largest absolute Gasteiger partial charge is 0.490 e. The lowest BCUT2D eigenvalue weighted by Gasteiger charge is -2.21. The third-order valence-electron chi connectivity index (χ3n) is 1.23. The second-order valence-corrected chi connectivity index (χ2v) is 2.43. The quantitative estimate of drug-likeness (QED) is 0.472. The molecular formula is C6H14BNO3. The molecule has 0 aromatic carbocycles. The highest BCUT2D eigenvalue weighted by molar-refractivity contribution is 6.54. The van der Waals surface area contributed by atoms with Crippen molar-refractivity contribution in [2.45, 2.75) is 0 Å². The average Bonchev–Trinajstić information content (AvgIpc) is 1.87. The van der Waals surface area contributed by atoms with Gasteiger partial charge in [0.2, 0.25) is 13.7 Å². The average molecular weight is 159 g/mol. The summed E-state index contributed by atoms with van der Waals surface area (Å²) in [6, 6.07) is 0. The van der Waals surface area contributed by atoms with E-state index in [1.807, 2.05) is 0 Å². The van der Waals surface area contributed by atoms with Crippen LogP contribution < -0.4 is 0 Å². The molecule has 64 valence electrons. The fourth-order valence-electron chi connectivity index (χ4n) is 0.655. The van der Waals surface area contributed by atoms with Gasteiger partial charge in [-0.05, 0) is 7.05 Å². The summed E-state index contributed by atoms with van der Waals surface area (Å²) in [7, 11) is 3.20. The fraction of sp³-hybridized carbons (Fsp3) is 0.833. The van der Waals surface area contributed by atoms with Crippen LogP contribution in [0.15, 0.2) is 0 Å². The lowest BCUT2D eigenvalue weighted by molar-refractivity contribution is 0.0503. The molecule has 0 unspecified atom stereocenters. The van der Waals surface area contributed by atoms with Crippen molar-refractivity contribution < 1.29 is 14.6 Å². The number of carbonyl (C=O) groups is 1. The first-order valence-electron chi connectivity index (χ1n) is 3.58. The lowest BCUT2D eigenvalue weighted by Crippen LogP contribution is -2.32. The van der Waals surface area contributed by atoms with E-state index in [2.05, 4.69) is 11.9 Å². The molecule has 1 N–H and O–H groups in total. The smallest absolute Gasteiger partial charge is 0.242 e. The summed E-state index contributed by atoms with van der Waals surface area (Å²) in [5.74, 6) is -0.833. The number of carboxylic acid groups (broad SMARTS) is 1. The number of nitrogens with zero attached hydrogens (tertiary/aromatic N) is 1. The molecule has 1 saturated heterocycles. The summed E-state index contributed by atoms with van der Waals surface area (Å²) in [6.07, 6.45) is 0. The monoisotopic (exact) mass is 159 g/mol. The van der Waals surface area contributed by atoms with E-state index in [-0.39, 0.29) is 0 Å². The van der Waals surface area contributed by atoms with Crippen molar-refractivity contribution >= 4 is 13.7 Å². The van der Waals surface area contributed by atoms with Gasteiger partial charge in [0, 0.05) is 13.1 Å². The Morgan fingerprint density at radius 1 is 1.55 bits per heavy atom. The maximum absolute atomic E-state index is 9.00. The highest BCUT2D eigenvalue weighted by atomic mass is 16.5. The van der Waals surface area contributed by atoms with Crippen molar-refractivity contribution in [3.05, 3.63) is 0 Å². The summed E-state index contributed by atoms with van der Waals surface area (Å²) >= 11 is 0. The minimum atomic E-state index is -0.833. The van der Waals surface area contributed by atoms with Crippen LogP contribution in [-0.4, -0.2) is 57.1 Å². The number of morpholine rings is 1. The Kier molecular flexibility index (Phi) is 5.88. The normalized spacial score (nSPS) is 18.3. The van der Waals surface area contributed by atoms with Gasteiger partial charge in [0.15, 0.2) is 0 Å². The van der Waals surface area contributed by atoms with Crippen LogP contribution in [0.1, 0.15) is 0 Å². The highest BCUT2D eigenvalue weighted by Gasteiger charge is 2.02. The van der Waals surface area contributed by atoms with Gasteiger partial charge in [0.1, 0.15) is 0 Å². The second kappa shape index (κ2) is 6.18. The standard InChI is InChI=1S/C5H11NO.CH3BO2/c1-6-2-4-7-5-3-6;2-1(3)4/h2-5H2,1H3;2H2,(H,3,4). The van der Waals surface area contributed by atoms with Gasteiger partial charge in [-0.3, -0.25) is 4.79 Å². The van der Waals surface area contributed by atoms with Crippen LogP contribution in [0.2, 0.25) is 0 Å². The van der Waals surface area contributed by atoms with Gasteiger partial charge < -0.3 is 14.7 Å². The van der Waals surface area contributed by atoms with E-state index >= 15 is 0 Å². The molecule has 0 aromatic heterocycles. The van der Waals surface area contributed by atoms with E-state index in [9.17, 15) is 0 Å². The molecule has 0 radical (unpaired) electrons. The van der Waals surface area contributed by atoms with Gasteiger partial charge in [-0.25, -0.2) is 0 Å². The van der Waals surface area contributed by atoms with Crippen LogP contribution >= 0.6 is 0 Å². The summed E-state index contributed by atoms with van der Waals surface area (Å²) in [5, 5.41) is 7.42. The second-order valence-electron chi connectivity index (χ2n) is 2.43.